The van der Waals surface area contributed by atoms with Gasteiger partial charge in [-0.15, -0.1) is 10.2 Å². The molecule has 0 unspecified atom stereocenters. The summed E-state index contributed by atoms with van der Waals surface area (Å²) >= 11 is 0. The van der Waals surface area contributed by atoms with Crippen LogP contribution in [0.2, 0.25) is 0 Å². The number of methoxy groups -OCH3 is 2. The average molecular weight is 534 g/mol. The number of benzene rings is 2. The van der Waals surface area contributed by atoms with Gasteiger partial charge in [0.15, 0.2) is 27.6 Å². The Morgan fingerprint density at radius 1 is 0.886 bits per heavy atom. The number of hydrazone groups is 1. The minimum absolute atomic E-state index is 0.229. The Labute approximate surface area is 195 Å². The van der Waals surface area contributed by atoms with Crippen molar-refractivity contribution in [1.82, 2.24) is 0 Å². The normalized spacial score (nSPS) is 12.1. The number of ether oxygens (including phenoxy) is 2. The lowest BCUT2D eigenvalue weighted by Gasteiger charge is -2.09. The molecule has 0 aliphatic heterocycles. The third-order valence-electron chi connectivity index (χ3n) is 3.95. The number of azo groups is 1. The number of rotatable bonds is 10. The van der Waals surface area contributed by atoms with Crippen LogP contribution in [-0.2, 0) is 20.2 Å². The van der Waals surface area contributed by atoms with Crippen molar-refractivity contribution < 1.29 is 45.3 Å². The monoisotopic (exact) mass is 534 g/mol. The smallest absolute Gasteiger partial charge is 0.301 e. The predicted molar refractivity (Wildman–Crippen MR) is 116 cm³/mol. The van der Waals surface area contributed by atoms with E-state index in [4.69, 9.17) is 9.47 Å². The molecule has 0 fully saturated rings. The Hall–Kier alpha value is -4.27. The molecule has 0 saturated heterocycles. The molecule has 0 aromatic heterocycles. The molecule has 0 saturated carbocycles. The van der Waals surface area contributed by atoms with Gasteiger partial charge in [0.05, 0.1) is 36.2 Å². The molecule has 35 heavy (non-hydrogen) atoms. The number of anilines is 1. The van der Waals surface area contributed by atoms with E-state index in [1.807, 2.05) is 0 Å². The Morgan fingerprint density at radius 2 is 1.37 bits per heavy atom. The molecule has 0 amide bonds. The summed E-state index contributed by atoms with van der Waals surface area (Å²) < 4.78 is 74.1. The van der Waals surface area contributed by atoms with E-state index < -0.39 is 51.2 Å². The van der Waals surface area contributed by atoms with Crippen molar-refractivity contribution in [1.29, 1.82) is 0 Å². The lowest BCUT2D eigenvalue weighted by molar-refractivity contribution is -0.388. The molecule has 0 aliphatic carbocycles. The van der Waals surface area contributed by atoms with Crippen LogP contribution in [0.1, 0.15) is 0 Å². The van der Waals surface area contributed by atoms with E-state index in [2.05, 4.69) is 20.8 Å². The highest BCUT2D eigenvalue weighted by Crippen LogP contribution is 2.37. The molecule has 0 spiro atoms. The summed E-state index contributed by atoms with van der Waals surface area (Å²) in [5, 5.41) is 32.7. The molecule has 3 N–H and O–H groups in total. The fourth-order valence-electron chi connectivity index (χ4n) is 2.50. The van der Waals surface area contributed by atoms with Gasteiger partial charge in [0.1, 0.15) is 11.4 Å². The molecule has 2 aromatic rings. The zero-order valence-electron chi connectivity index (χ0n) is 17.4. The van der Waals surface area contributed by atoms with E-state index in [9.17, 15) is 46.2 Å². The lowest BCUT2D eigenvalue weighted by atomic mass is 10.2. The summed E-state index contributed by atoms with van der Waals surface area (Å²) in [6.07, 6.45) is 0.710. The van der Waals surface area contributed by atoms with Crippen molar-refractivity contribution in [3.05, 3.63) is 44.5 Å². The van der Waals surface area contributed by atoms with Gasteiger partial charge in [0, 0.05) is 0 Å². The minimum Gasteiger partial charge on any atom is -0.494 e. The standard InChI is InChI=1S/C15H14N6O12S2/c1-32-12-5-10(20(22)23)14(34(26,27)28)3-8(12)18-16-7-17-19-9-4-15(35(29,30)31)11(21(24)25)6-13(9)33-2/h3-7,18H,1-2H3,(H,26,27,28)(H,29,30,31). The molecule has 188 valence electrons. The largest absolute Gasteiger partial charge is 0.494 e. The maximum atomic E-state index is 11.5. The van der Waals surface area contributed by atoms with Crippen molar-refractivity contribution in [2.75, 3.05) is 19.6 Å². The highest BCUT2D eigenvalue weighted by atomic mass is 32.2. The Morgan fingerprint density at radius 3 is 1.83 bits per heavy atom. The first-order valence-electron chi connectivity index (χ1n) is 8.57. The molecule has 0 atom stereocenters. The van der Waals surface area contributed by atoms with Gasteiger partial charge in [-0.3, -0.25) is 34.8 Å². The van der Waals surface area contributed by atoms with Gasteiger partial charge < -0.3 is 9.47 Å². The summed E-state index contributed by atoms with van der Waals surface area (Å²) in [6, 6.07) is 2.74. The average Bonchev–Trinajstić information content (AvgIpc) is 2.76. The van der Waals surface area contributed by atoms with Crippen molar-refractivity contribution in [3.8, 4) is 11.5 Å². The van der Waals surface area contributed by atoms with E-state index in [0.29, 0.717) is 24.5 Å². The van der Waals surface area contributed by atoms with Crippen LogP contribution < -0.4 is 14.9 Å². The Balaban J connectivity index is 2.41. The van der Waals surface area contributed by atoms with Crippen LogP contribution in [0.15, 0.2) is 49.4 Å². The SMILES string of the molecule is COc1cc([N+](=O)[O-])c(S(=O)(=O)O)cc1N=NC=NNc1cc(S(=O)(=O)O)c([N+](=O)[O-])cc1OC. The minimum atomic E-state index is -5.01. The summed E-state index contributed by atoms with van der Waals surface area (Å²) in [5.74, 6) is -0.503. The maximum Gasteiger partial charge on any atom is 0.301 e. The molecule has 0 bridgehead atoms. The number of hydrogen-bond acceptors (Lipinski definition) is 13. The molecular formula is C15H14N6O12S2. The fraction of sp³-hybridized carbons (Fsp3) is 0.133. The van der Waals surface area contributed by atoms with Crippen molar-refractivity contribution >= 4 is 49.3 Å². The van der Waals surface area contributed by atoms with Crippen LogP contribution in [0, 0.1) is 20.2 Å². The Bertz CT molecular complexity index is 1450. The number of nitro groups is 2. The topological polar surface area (TPSA) is 263 Å². The van der Waals surface area contributed by atoms with Crippen LogP contribution in [0.4, 0.5) is 22.7 Å². The summed E-state index contributed by atoms with van der Waals surface area (Å²) in [7, 11) is -7.78. The van der Waals surface area contributed by atoms with Crippen molar-refractivity contribution in [2.24, 2.45) is 15.3 Å². The summed E-state index contributed by atoms with van der Waals surface area (Å²) in [5.41, 5.74) is -0.265. The Kier molecular flexibility index (Phi) is 7.97. The van der Waals surface area contributed by atoms with Gasteiger partial charge in [0.2, 0.25) is 0 Å². The first-order valence-corrected chi connectivity index (χ1v) is 11.4. The third kappa shape index (κ3) is 6.41. The zero-order valence-corrected chi connectivity index (χ0v) is 19.0. The van der Waals surface area contributed by atoms with Gasteiger partial charge in [-0.1, -0.05) is 0 Å². The van der Waals surface area contributed by atoms with Gasteiger partial charge >= 0.3 is 20.2 Å². The summed E-state index contributed by atoms with van der Waals surface area (Å²) in [4.78, 5) is 17.9. The van der Waals surface area contributed by atoms with Crippen LogP contribution in [0.5, 0.6) is 11.5 Å². The number of hydrogen-bond donors (Lipinski definition) is 3. The van der Waals surface area contributed by atoms with E-state index in [0.717, 1.165) is 20.3 Å². The second-order valence-corrected chi connectivity index (χ2v) is 8.83. The zero-order chi connectivity index (χ0) is 26.6. The molecule has 18 nitrogen and oxygen atoms in total. The van der Waals surface area contributed by atoms with Crippen LogP contribution in [-0.4, -0.2) is 56.3 Å². The van der Waals surface area contributed by atoms with Gasteiger partial charge in [-0.05, 0) is 12.1 Å². The van der Waals surface area contributed by atoms with Gasteiger partial charge in [-0.25, -0.2) is 0 Å². The second-order valence-electron chi connectivity index (χ2n) is 6.05. The van der Waals surface area contributed by atoms with E-state index in [1.165, 1.54) is 0 Å². The van der Waals surface area contributed by atoms with Crippen LogP contribution in [0.3, 0.4) is 0 Å². The lowest BCUT2D eigenvalue weighted by Crippen LogP contribution is -2.05. The first kappa shape index (κ1) is 27.0. The number of nitrogens with one attached hydrogen (secondary N) is 1. The molecule has 20 heteroatoms. The van der Waals surface area contributed by atoms with E-state index in [-0.39, 0.29) is 22.9 Å². The first-order chi connectivity index (χ1) is 16.2. The van der Waals surface area contributed by atoms with Crippen molar-refractivity contribution in [3.63, 3.8) is 0 Å². The van der Waals surface area contributed by atoms with Crippen LogP contribution in [0.25, 0.3) is 0 Å². The third-order valence-corrected chi connectivity index (χ3v) is 5.72. The molecule has 0 radical (unpaired) electrons. The molecule has 0 heterocycles. The quantitative estimate of drug-likeness (QED) is 0.0986. The highest BCUT2D eigenvalue weighted by molar-refractivity contribution is 7.86. The molecule has 0 aliphatic rings. The molecular weight excluding hydrogens is 520 g/mol. The maximum absolute atomic E-state index is 11.5. The summed E-state index contributed by atoms with van der Waals surface area (Å²) in [6.45, 7) is 0. The van der Waals surface area contributed by atoms with E-state index in [1.54, 1.807) is 0 Å². The van der Waals surface area contributed by atoms with Gasteiger partial charge in [0.25, 0.3) is 11.4 Å². The van der Waals surface area contributed by atoms with Crippen molar-refractivity contribution in [2.45, 2.75) is 9.79 Å². The second kappa shape index (κ2) is 10.3. The fourth-order valence-corrected chi connectivity index (χ4v) is 3.82. The van der Waals surface area contributed by atoms with Gasteiger partial charge in [-0.2, -0.15) is 21.9 Å². The highest BCUT2D eigenvalue weighted by Gasteiger charge is 2.28. The van der Waals surface area contributed by atoms with E-state index >= 15 is 0 Å². The number of nitrogens with zero attached hydrogens (tertiary/aromatic N) is 5. The molecule has 2 rings (SSSR count). The molecule has 2 aromatic carbocycles. The number of nitro benzene ring substituents is 2. The van der Waals surface area contributed by atoms with Crippen LogP contribution >= 0.6 is 0 Å². The predicted octanol–water partition coefficient (Wildman–Crippen LogP) is 2.15.